The fraction of sp³-hybridized carbons (Fsp3) is 0.920. The highest BCUT2D eigenvalue weighted by Gasteiger charge is 2.43. The zero-order valence-corrected chi connectivity index (χ0v) is 20.6. The van der Waals surface area contributed by atoms with E-state index in [1.54, 1.807) is 6.92 Å². The van der Waals surface area contributed by atoms with Gasteiger partial charge in [-0.05, 0) is 44.4 Å². The van der Waals surface area contributed by atoms with Gasteiger partial charge in [-0.1, -0.05) is 13.8 Å². The fourth-order valence-electron chi connectivity index (χ4n) is 6.32. The van der Waals surface area contributed by atoms with Crippen LogP contribution in [-0.2, 0) is 14.3 Å². The van der Waals surface area contributed by atoms with Gasteiger partial charge in [0, 0.05) is 84.4 Å². The molecule has 7 heteroatoms. The Morgan fingerprint density at radius 1 is 0.906 bits per heavy atom. The van der Waals surface area contributed by atoms with Gasteiger partial charge < -0.3 is 19.4 Å². The molecule has 4 rings (SSSR count). The van der Waals surface area contributed by atoms with E-state index in [1.807, 2.05) is 4.90 Å². The van der Waals surface area contributed by atoms with E-state index >= 15 is 0 Å². The van der Waals surface area contributed by atoms with Crippen molar-refractivity contribution in [2.45, 2.75) is 70.9 Å². The minimum atomic E-state index is -0.0350. The molecule has 182 valence electrons. The maximum absolute atomic E-state index is 13.1. The lowest BCUT2D eigenvalue weighted by molar-refractivity contribution is -0.154. The highest BCUT2D eigenvalue weighted by molar-refractivity contribution is 5.80. The van der Waals surface area contributed by atoms with E-state index in [4.69, 9.17) is 4.74 Å². The van der Waals surface area contributed by atoms with E-state index in [-0.39, 0.29) is 17.4 Å². The van der Waals surface area contributed by atoms with Crippen molar-refractivity contribution in [2.24, 2.45) is 11.8 Å². The fourth-order valence-corrected chi connectivity index (χ4v) is 6.32. The molecule has 0 aromatic carbocycles. The summed E-state index contributed by atoms with van der Waals surface area (Å²) in [6, 6.07) is 0.628. The van der Waals surface area contributed by atoms with Crippen molar-refractivity contribution < 1.29 is 14.3 Å². The number of amides is 2. The van der Waals surface area contributed by atoms with Gasteiger partial charge in [-0.25, -0.2) is 0 Å². The minimum absolute atomic E-state index is 0.0350. The molecule has 1 atom stereocenters. The van der Waals surface area contributed by atoms with Crippen molar-refractivity contribution in [3.8, 4) is 0 Å². The van der Waals surface area contributed by atoms with E-state index in [9.17, 15) is 9.59 Å². The van der Waals surface area contributed by atoms with Crippen molar-refractivity contribution >= 4 is 11.8 Å². The number of carbonyl (C=O) groups is 2. The topological polar surface area (TPSA) is 56.3 Å². The van der Waals surface area contributed by atoms with E-state index < -0.39 is 0 Å². The molecule has 4 saturated heterocycles. The highest BCUT2D eigenvalue weighted by Crippen LogP contribution is 2.37. The van der Waals surface area contributed by atoms with Crippen molar-refractivity contribution in [1.29, 1.82) is 0 Å². The van der Waals surface area contributed by atoms with Gasteiger partial charge in [0.1, 0.15) is 0 Å². The summed E-state index contributed by atoms with van der Waals surface area (Å²) in [6.07, 6.45) is 5.81. The van der Waals surface area contributed by atoms with Crippen LogP contribution < -0.4 is 0 Å². The highest BCUT2D eigenvalue weighted by atomic mass is 16.5. The average Bonchev–Trinajstić information content (AvgIpc) is 2.79. The summed E-state index contributed by atoms with van der Waals surface area (Å²) < 4.78 is 6.40. The molecule has 4 aliphatic rings. The summed E-state index contributed by atoms with van der Waals surface area (Å²) in [5.41, 5.74) is -0.0350. The molecule has 0 aromatic heterocycles. The Hall–Kier alpha value is -1.18. The van der Waals surface area contributed by atoms with Crippen LogP contribution in [0.3, 0.4) is 0 Å². The van der Waals surface area contributed by atoms with Crippen LogP contribution in [0.25, 0.3) is 0 Å². The summed E-state index contributed by atoms with van der Waals surface area (Å²) in [4.78, 5) is 33.9. The minimum Gasteiger partial charge on any atom is -0.375 e. The van der Waals surface area contributed by atoms with Gasteiger partial charge in [0.2, 0.25) is 11.8 Å². The van der Waals surface area contributed by atoms with Crippen LogP contribution in [-0.4, -0.2) is 109 Å². The number of piperidine rings is 2. The van der Waals surface area contributed by atoms with Crippen LogP contribution >= 0.6 is 0 Å². The number of carbonyl (C=O) groups excluding carboxylic acids is 2. The van der Waals surface area contributed by atoms with Crippen LogP contribution in [0.1, 0.15) is 59.3 Å². The number of hydrogen-bond acceptors (Lipinski definition) is 5. The molecule has 0 aromatic rings. The summed E-state index contributed by atoms with van der Waals surface area (Å²) in [7, 11) is 0. The molecule has 4 heterocycles. The van der Waals surface area contributed by atoms with Crippen molar-refractivity contribution in [3.63, 3.8) is 0 Å². The standard InChI is InChI=1S/C25H44N4O3/c1-20(2)19-26-13-15-28(16-14-26)23-6-17-32-25(18-23)7-11-29(12-8-25)24(31)22-4-9-27(10-5-22)21(3)30/h20,22-23H,4-19H2,1-3H3/t23-/m1/s1. The molecular weight excluding hydrogens is 404 g/mol. The van der Waals surface area contributed by atoms with Gasteiger partial charge in [-0.15, -0.1) is 0 Å². The number of piperazine rings is 1. The molecule has 7 nitrogen and oxygen atoms in total. The van der Waals surface area contributed by atoms with E-state index in [0.717, 1.165) is 77.2 Å². The third-order valence-corrected chi connectivity index (χ3v) is 8.29. The third-order valence-electron chi connectivity index (χ3n) is 8.29. The van der Waals surface area contributed by atoms with Crippen LogP contribution in [0.2, 0.25) is 0 Å². The normalized spacial score (nSPS) is 28.4. The number of likely N-dealkylation sites (tertiary alicyclic amines) is 2. The number of rotatable bonds is 4. The molecule has 0 N–H and O–H groups in total. The van der Waals surface area contributed by atoms with Gasteiger partial charge in [-0.3, -0.25) is 14.5 Å². The van der Waals surface area contributed by atoms with E-state index in [0.29, 0.717) is 11.9 Å². The summed E-state index contributed by atoms with van der Waals surface area (Å²) in [5.74, 6) is 1.25. The van der Waals surface area contributed by atoms with Crippen LogP contribution in [0.15, 0.2) is 0 Å². The predicted octanol–water partition coefficient (Wildman–Crippen LogP) is 2.06. The maximum atomic E-state index is 13.1. The molecule has 0 radical (unpaired) electrons. The zero-order chi connectivity index (χ0) is 22.7. The van der Waals surface area contributed by atoms with E-state index in [1.165, 1.54) is 32.7 Å². The molecule has 0 saturated carbocycles. The Kier molecular flexibility index (Phi) is 7.78. The number of hydrogen-bond donors (Lipinski definition) is 0. The monoisotopic (exact) mass is 448 g/mol. The lowest BCUT2D eigenvalue weighted by Crippen LogP contribution is -2.58. The van der Waals surface area contributed by atoms with Crippen molar-refractivity contribution in [1.82, 2.24) is 19.6 Å². The number of ether oxygens (including phenoxy) is 1. The molecule has 32 heavy (non-hydrogen) atoms. The first-order valence-electron chi connectivity index (χ1n) is 13.0. The SMILES string of the molecule is CC(=O)N1CCC(C(=O)N2CCC3(CC2)C[C@H](N2CCN(CC(C)C)CC2)CCO3)CC1. The zero-order valence-electron chi connectivity index (χ0n) is 20.6. The lowest BCUT2D eigenvalue weighted by Gasteiger charge is -2.50. The smallest absolute Gasteiger partial charge is 0.225 e. The Bertz CT molecular complexity index is 646. The Labute approximate surface area is 194 Å². The van der Waals surface area contributed by atoms with Crippen molar-refractivity contribution in [3.05, 3.63) is 0 Å². The number of nitrogens with zero attached hydrogens (tertiary/aromatic N) is 4. The first kappa shape index (κ1) is 24.0. The largest absolute Gasteiger partial charge is 0.375 e. The van der Waals surface area contributed by atoms with Gasteiger partial charge >= 0.3 is 0 Å². The third kappa shape index (κ3) is 5.65. The van der Waals surface area contributed by atoms with Gasteiger partial charge in [0.15, 0.2) is 0 Å². The Balaban J connectivity index is 1.24. The van der Waals surface area contributed by atoms with Crippen LogP contribution in [0.4, 0.5) is 0 Å². The average molecular weight is 449 g/mol. The molecule has 4 fully saturated rings. The molecule has 0 unspecified atom stereocenters. The second kappa shape index (κ2) is 10.4. The second-order valence-corrected chi connectivity index (χ2v) is 11.0. The second-order valence-electron chi connectivity index (χ2n) is 11.0. The summed E-state index contributed by atoms with van der Waals surface area (Å²) in [5, 5.41) is 0. The molecule has 2 amide bonds. The maximum Gasteiger partial charge on any atom is 0.225 e. The Morgan fingerprint density at radius 3 is 2.16 bits per heavy atom. The van der Waals surface area contributed by atoms with Gasteiger partial charge in [0.25, 0.3) is 0 Å². The molecule has 4 aliphatic heterocycles. The Morgan fingerprint density at radius 2 is 1.56 bits per heavy atom. The molecule has 1 spiro atoms. The van der Waals surface area contributed by atoms with Crippen LogP contribution in [0, 0.1) is 11.8 Å². The molecular formula is C25H44N4O3. The first-order chi connectivity index (χ1) is 15.3. The quantitative estimate of drug-likeness (QED) is 0.659. The van der Waals surface area contributed by atoms with E-state index in [2.05, 4.69) is 28.5 Å². The van der Waals surface area contributed by atoms with Crippen LogP contribution in [0.5, 0.6) is 0 Å². The summed E-state index contributed by atoms with van der Waals surface area (Å²) in [6.45, 7) is 16.1. The first-order valence-corrected chi connectivity index (χ1v) is 13.0. The lowest BCUT2D eigenvalue weighted by atomic mass is 9.81. The summed E-state index contributed by atoms with van der Waals surface area (Å²) >= 11 is 0. The van der Waals surface area contributed by atoms with Crippen molar-refractivity contribution in [2.75, 3.05) is 65.5 Å². The van der Waals surface area contributed by atoms with Gasteiger partial charge in [0.05, 0.1) is 5.60 Å². The van der Waals surface area contributed by atoms with Gasteiger partial charge in [-0.2, -0.15) is 0 Å². The molecule has 0 bridgehead atoms. The predicted molar refractivity (Wildman–Crippen MR) is 125 cm³/mol. The molecule has 0 aliphatic carbocycles.